The zero-order chi connectivity index (χ0) is 23.3. The van der Waals surface area contributed by atoms with Gasteiger partial charge in [0, 0.05) is 48.3 Å². The van der Waals surface area contributed by atoms with Crippen LogP contribution in [0.4, 0.5) is 5.82 Å². The van der Waals surface area contributed by atoms with Gasteiger partial charge in [-0.2, -0.15) is 0 Å². The van der Waals surface area contributed by atoms with Crippen LogP contribution in [0.5, 0.6) is 0 Å². The molecule has 0 spiro atoms. The average molecular weight is 493 g/mol. The van der Waals surface area contributed by atoms with E-state index in [2.05, 4.69) is 14.9 Å². The molecule has 0 saturated carbocycles. The Labute approximate surface area is 199 Å². The molecule has 1 aromatic carbocycles. The van der Waals surface area contributed by atoms with E-state index in [0.29, 0.717) is 42.7 Å². The molecule has 1 aliphatic heterocycles. The fourth-order valence-corrected chi connectivity index (χ4v) is 5.58. The maximum absolute atomic E-state index is 12.1. The molecule has 0 atom stereocenters. The lowest BCUT2D eigenvalue weighted by Crippen LogP contribution is -2.37. The van der Waals surface area contributed by atoms with Crippen LogP contribution in [0.15, 0.2) is 53.7 Å². The zero-order valence-corrected chi connectivity index (χ0v) is 19.9. The SMILES string of the molecule is CS(=O)(=O)c1cccc(-c2nc3c(N4CCOCC4)nc(-c4cnc5[nH]ccc5c4)nc3s2)c1. The smallest absolute Gasteiger partial charge is 0.175 e. The van der Waals surface area contributed by atoms with E-state index < -0.39 is 9.84 Å². The topological polar surface area (TPSA) is 114 Å². The van der Waals surface area contributed by atoms with E-state index in [1.165, 1.54) is 17.6 Å². The number of ether oxygens (including phenoxy) is 1. The predicted molar refractivity (Wildman–Crippen MR) is 132 cm³/mol. The number of nitrogens with zero attached hydrogens (tertiary/aromatic N) is 5. The van der Waals surface area contributed by atoms with Gasteiger partial charge in [0.1, 0.15) is 21.0 Å². The molecule has 1 N–H and O–H groups in total. The van der Waals surface area contributed by atoms with Gasteiger partial charge in [0.25, 0.3) is 0 Å². The highest BCUT2D eigenvalue weighted by Gasteiger charge is 2.22. The number of hydrogen-bond acceptors (Lipinski definition) is 9. The number of H-pyrrole nitrogens is 1. The summed E-state index contributed by atoms with van der Waals surface area (Å²) in [4.78, 5) is 25.3. The molecular weight excluding hydrogens is 472 g/mol. The Kier molecular flexibility index (Phi) is 5.05. The molecule has 5 heterocycles. The van der Waals surface area contributed by atoms with Gasteiger partial charge in [0.2, 0.25) is 0 Å². The van der Waals surface area contributed by atoms with E-state index in [4.69, 9.17) is 19.7 Å². The summed E-state index contributed by atoms with van der Waals surface area (Å²) in [6.45, 7) is 2.64. The zero-order valence-electron chi connectivity index (χ0n) is 18.2. The van der Waals surface area contributed by atoms with Crippen molar-refractivity contribution in [2.24, 2.45) is 0 Å². The minimum atomic E-state index is -3.33. The van der Waals surface area contributed by atoms with Gasteiger partial charge < -0.3 is 14.6 Å². The first-order valence-electron chi connectivity index (χ1n) is 10.7. The minimum absolute atomic E-state index is 0.260. The van der Waals surface area contributed by atoms with Crippen LogP contribution in [0.1, 0.15) is 0 Å². The van der Waals surface area contributed by atoms with Crippen LogP contribution in [0.3, 0.4) is 0 Å². The van der Waals surface area contributed by atoms with Crippen molar-refractivity contribution in [3.05, 3.63) is 48.8 Å². The van der Waals surface area contributed by atoms with Crippen LogP contribution in [0.25, 0.3) is 43.3 Å². The lowest BCUT2D eigenvalue weighted by molar-refractivity contribution is 0.122. The molecule has 0 unspecified atom stereocenters. The van der Waals surface area contributed by atoms with Crippen molar-refractivity contribution in [3.8, 4) is 22.0 Å². The van der Waals surface area contributed by atoms with Gasteiger partial charge in [0.05, 0.1) is 18.1 Å². The molecule has 11 heteroatoms. The van der Waals surface area contributed by atoms with Crippen molar-refractivity contribution in [1.82, 2.24) is 24.9 Å². The number of nitrogens with one attached hydrogen (secondary N) is 1. The molecule has 9 nitrogen and oxygen atoms in total. The summed E-state index contributed by atoms with van der Waals surface area (Å²) in [5.74, 6) is 1.32. The molecule has 0 aliphatic carbocycles. The van der Waals surface area contributed by atoms with E-state index >= 15 is 0 Å². The lowest BCUT2D eigenvalue weighted by atomic mass is 10.2. The first-order valence-corrected chi connectivity index (χ1v) is 13.4. The first-order chi connectivity index (χ1) is 16.5. The number of aromatic nitrogens is 5. The van der Waals surface area contributed by atoms with Crippen molar-refractivity contribution in [3.63, 3.8) is 0 Å². The predicted octanol–water partition coefficient (Wildman–Crippen LogP) is 3.54. The molecule has 6 rings (SSSR count). The number of pyridine rings is 1. The summed E-state index contributed by atoms with van der Waals surface area (Å²) in [5.41, 5.74) is 3.06. The van der Waals surface area contributed by atoms with Gasteiger partial charge in [-0.3, -0.25) is 0 Å². The van der Waals surface area contributed by atoms with Crippen LogP contribution in [0.2, 0.25) is 0 Å². The monoisotopic (exact) mass is 492 g/mol. The van der Waals surface area contributed by atoms with Crippen molar-refractivity contribution in [1.29, 1.82) is 0 Å². The first kappa shape index (κ1) is 21.1. The Bertz CT molecular complexity index is 1640. The van der Waals surface area contributed by atoms with Gasteiger partial charge in [0.15, 0.2) is 21.5 Å². The van der Waals surface area contributed by atoms with Gasteiger partial charge >= 0.3 is 0 Å². The van der Waals surface area contributed by atoms with E-state index in [9.17, 15) is 8.42 Å². The number of hydrogen-bond donors (Lipinski definition) is 1. The second-order valence-electron chi connectivity index (χ2n) is 8.08. The fraction of sp³-hybridized carbons (Fsp3) is 0.217. The Morgan fingerprint density at radius 3 is 2.74 bits per heavy atom. The third-order valence-corrected chi connectivity index (χ3v) is 7.83. The number of benzene rings is 1. The van der Waals surface area contributed by atoms with Crippen molar-refractivity contribution in [2.75, 3.05) is 37.5 Å². The number of thiazole rings is 1. The third kappa shape index (κ3) is 3.81. The minimum Gasteiger partial charge on any atom is -0.378 e. The highest BCUT2D eigenvalue weighted by molar-refractivity contribution is 7.90. The normalized spacial score (nSPS) is 14.8. The van der Waals surface area contributed by atoms with E-state index in [1.807, 2.05) is 24.4 Å². The number of anilines is 1. The van der Waals surface area contributed by atoms with E-state index in [-0.39, 0.29) is 4.90 Å². The Morgan fingerprint density at radius 1 is 1.06 bits per heavy atom. The standard InChI is InChI=1S/C23H20N6O3S2/c1-34(30,31)17-4-2-3-15(12-17)22-26-18-21(29-7-9-32-10-8-29)27-20(28-23(18)33-22)16-11-14-5-6-24-19(14)25-13-16/h2-6,11-13H,7-10H2,1H3,(H,24,25). The lowest BCUT2D eigenvalue weighted by Gasteiger charge is -2.28. The number of sulfone groups is 1. The van der Waals surface area contributed by atoms with Crippen LogP contribution in [-0.4, -0.2) is 65.9 Å². The van der Waals surface area contributed by atoms with E-state index in [0.717, 1.165) is 32.8 Å². The summed E-state index contributed by atoms with van der Waals surface area (Å²) < 4.78 is 29.7. The maximum atomic E-state index is 12.1. The summed E-state index contributed by atoms with van der Waals surface area (Å²) in [7, 11) is -3.33. The Balaban J connectivity index is 1.53. The van der Waals surface area contributed by atoms with Crippen LogP contribution in [-0.2, 0) is 14.6 Å². The largest absolute Gasteiger partial charge is 0.378 e. The molecule has 34 heavy (non-hydrogen) atoms. The number of rotatable bonds is 4. The molecule has 0 radical (unpaired) electrons. The van der Waals surface area contributed by atoms with Crippen molar-refractivity contribution in [2.45, 2.75) is 4.90 Å². The molecule has 1 aliphatic rings. The van der Waals surface area contributed by atoms with Crippen LogP contribution >= 0.6 is 11.3 Å². The second kappa shape index (κ2) is 8.12. The summed E-state index contributed by atoms with van der Waals surface area (Å²) in [5, 5.41) is 1.68. The molecule has 0 bridgehead atoms. The van der Waals surface area contributed by atoms with E-state index in [1.54, 1.807) is 24.4 Å². The van der Waals surface area contributed by atoms with Crippen LogP contribution < -0.4 is 4.90 Å². The molecule has 5 aromatic rings. The number of aromatic amines is 1. The Hall–Kier alpha value is -3.41. The summed E-state index contributed by atoms with van der Waals surface area (Å²) in [6.07, 6.45) is 4.82. The summed E-state index contributed by atoms with van der Waals surface area (Å²) in [6, 6.07) is 10.8. The summed E-state index contributed by atoms with van der Waals surface area (Å²) >= 11 is 1.42. The molecule has 1 fully saturated rings. The molecule has 1 saturated heterocycles. The molecule has 0 amide bonds. The number of fused-ring (bicyclic) bond motifs is 2. The van der Waals surface area contributed by atoms with Gasteiger partial charge in [-0.1, -0.05) is 23.5 Å². The number of morpholine rings is 1. The molecule has 4 aromatic heterocycles. The van der Waals surface area contributed by atoms with Crippen molar-refractivity contribution < 1.29 is 13.2 Å². The Morgan fingerprint density at radius 2 is 1.91 bits per heavy atom. The van der Waals surface area contributed by atoms with Gasteiger partial charge in [-0.25, -0.2) is 28.4 Å². The van der Waals surface area contributed by atoms with Crippen molar-refractivity contribution >= 4 is 48.4 Å². The average Bonchev–Trinajstić information content (AvgIpc) is 3.50. The second-order valence-corrected chi connectivity index (χ2v) is 11.1. The highest BCUT2D eigenvalue weighted by atomic mass is 32.2. The van der Waals surface area contributed by atoms with Gasteiger partial charge in [-0.15, -0.1) is 0 Å². The highest BCUT2D eigenvalue weighted by Crippen LogP contribution is 2.36. The van der Waals surface area contributed by atoms with Crippen LogP contribution in [0, 0.1) is 0 Å². The third-order valence-electron chi connectivity index (χ3n) is 5.72. The molecular formula is C23H20N6O3S2. The van der Waals surface area contributed by atoms with Gasteiger partial charge in [-0.05, 0) is 24.3 Å². The maximum Gasteiger partial charge on any atom is 0.175 e. The quantitative estimate of drug-likeness (QED) is 0.405. The molecule has 172 valence electrons. The fourth-order valence-electron chi connectivity index (χ4n) is 3.98.